The Bertz CT molecular complexity index is 1170. The highest BCUT2D eigenvalue weighted by Gasteiger charge is 2.37. The molecule has 140 valence electrons. The van der Waals surface area contributed by atoms with E-state index in [1.165, 1.54) is 12.8 Å². The van der Waals surface area contributed by atoms with Crippen molar-refractivity contribution in [3.05, 3.63) is 65.0 Å². The molecule has 0 radical (unpaired) electrons. The van der Waals surface area contributed by atoms with Crippen LogP contribution in [0.1, 0.15) is 34.3 Å². The summed E-state index contributed by atoms with van der Waals surface area (Å²) >= 11 is 0. The van der Waals surface area contributed by atoms with Gasteiger partial charge in [0.2, 0.25) is 5.78 Å². The summed E-state index contributed by atoms with van der Waals surface area (Å²) in [7, 11) is 2.01. The summed E-state index contributed by atoms with van der Waals surface area (Å²) in [5, 5.41) is 1.11. The molecular weight excluding hydrogens is 352 g/mol. The number of rotatable bonds is 2. The van der Waals surface area contributed by atoms with Crippen LogP contribution < -0.4 is 9.47 Å². The summed E-state index contributed by atoms with van der Waals surface area (Å²) in [6, 6.07) is 12.5. The number of carbonyl (C=O) groups excluding carboxylic acids is 1. The lowest BCUT2D eigenvalue weighted by Crippen LogP contribution is -2.33. The Morgan fingerprint density at radius 2 is 2.00 bits per heavy atom. The maximum atomic E-state index is 13.0. The zero-order chi connectivity index (χ0) is 18.8. The molecule has 3 heterocycles. The average Bonchev–Trinajstić information content (AvgIpc) is 3.46. The van der Waals surface area contributed by atoms with Gasteiger partial charge in [-0.25, -0.2) is 0 Å². The molecule has 3 aliphatic rings. The molecule has 0 unspecified atom stereocenters. The largest absolute Gasteiger partial charge is 0.478 e. The van der Waals surface area contributed by atoms with E-state index in [2.05, 4.69) is 21.6 Å². The number of allylic oxidation sites excluding steroid dienone is 1. The number of aromatic nitrogens is 1. The van der Waals surface area contributed by atoms with Gasteiger partial charge < -0.3 is 14.0 Å². The topological polar surface area (TPSA) is 43.7 Å². The fourth-order valence-corrected chi connectivity index (χ4v) is 4.28. The van der Waals surface area contributed by atoms with Crippen molar-refractivity contribution in [2.75, 3.05) is 6.73 Å². The minimum Gasteiger partial charge on any atom is -0.478 e. The van der Waals surface area contributed by atoms with E-state index in [1.807, 2.05) is 43.6 Å². The van der Waals surface area contributed by atoms with E-state index in [4.69, 9.17) is 9.47 Å². The van der Waals surface area contributed by atoms with Crippen molar-refractivity contribution in [3.8, 4) is 11.5 Å². The van der Waals surface area contributed by atoms with Crippen LogP contribution in [0.3, 0.4) is 0 Å². The Morgan fingerprint density at radius 3 is 2.86 bits per heavy atom. The van der Waals surface area contributed by atoms with Crippen LogP contribution in [0.5, 0.6) is 11.5 Å². The molecule has 5 heteroatoms. The Kier molecular flexibility index (Phi) is 3.26. The van der Waals surface area contributed by atoms with Gasteiger partial charge in [0, 0.05) is 42.3 Å². The molecule has 6 rings (SSSR count). The lowest BCUT2D eigenvalue weighted by Gasteiger charge is -2.29. The number of fused-ring (bicyclic) bond motifs is 4. The molecule has 0 bridgehead atoms. The molecule has 3 aromatic rings. The van der Waals surface area contributed by atoms with Gasteiger partial charge in [0.25, 0.3) is 0 Å². The lowest BCUT2D eigenvalue weighted by atomic mass is 10.0. The minimum atomic E-state index is -0.0609. The minimum absolute atomic E-state index is 0.0609. The highest BCUT2D eigenvalue weighted by Crippen LogP contribution is 2.44. The van der Waals surface area contributed by atoms with Crippen LogP contribution in [0, 0.1) is 0 Å². The Balaban J connectivity index is 1.41. The average molecular weight is 372 g/mol. The van der Waals surface area contributed by atoms with Gasteiger partial charge in [0.1, 0.15) is 18.2 Å². The monoisotopic (exact) mass is 372 g/mol. The Morgan fingerprint density at radius 1 is 1.14 bits per heavy atom. The van der Waals surface area contributed by atoms with E-state index in [9.17, 15) is 4.79 Å². The molecular formula is C23H20N2O3. The van der Waals surface area contributed by atoms with Crippen molar-refractivity contribution in [3.63, 3.8) is 0 Å². The van der Waals surface area contributed by atoms with Gasteiger partial charge >= 0.3 is 0 Å². The van der Waals surface area contributed by atoms with Crippen molar-refractivity contribution < 1.29 is 14.3 Å². The molecule has 1 aromatic heterocycles. The molecule has 2 aliphatic heterocycles. The second kappa shape index (κ2) is 5.72. The van der Waals surface area contributed by atoms with Crippen molar-refractivity contribution in [2.24, 2.45) is 7.05 Å². The summed E-state index contributed by atoms with van der Waals surface area (Å²) in [6.07, 6.45) is 6.34. The standard InChI is InChI=1S/C23H20N2O3/c1-24-11-14(16-4-2-3-5-19(16)24)10-21-22(26)17-8-9-20-18(23(17)28-21)12-25(13-27-20)15-6-7-15/h2-5,8-11,15H,6-7,12-13H2,1H3/b21-10-. The van der Waals surface area contributed by atoms with Gasteiger partial charge in [-0.15, -0.1) is 0 Å². The molecule has 0 saturated heterocycles. The molecule has 2 aromatic carbocycles. The number of ketones is 1. The van der Waals surface area contributed by atoms with Crippen LogP contribution in [-0.4, -0.2) is 28.0 Å². The third kappa shape index (κ3) is 2.33. The number of benzene rings is 2. The molecule has 0 atom stereocenters. The van der Waals surface area contributed by atoms with E-state index < -0.39 is 0 Å². The Hall–Kier alpha value is -3.05. The third-order valence-electron chi connectivity index (χ3n) is 5.92. The quantitative estimate of drug-likeness (QED) is 0.635. The van der Waals surface area contributed by atoms with Gasteiger partial charge in [-0.1, -0.05) is 18.2 Å². The first-order chi connectivity index (χ1) is 13.7. The summed E-state index contributed by atoms with van der Waals surface area (Å²) in [5.74, 6) is 1.81. The predicted molar refractivity (Wildman–Crippen MR) is 106 cm³/mol. The number of hydrogen-bond acceptors (Lipinski definition) is 4. The maximum absolute atomic E-state index is 13.0. The van der Waals surface area contributed by atoms with Crippen LogP contribution >= 0.6 is 0 Å². The number of nitrogens with zero attached hydrogens (tertiary/aromatic N) is 2. The molecule has 0 amide bonds. The number of aryl methyl sites for hydroxylation is 1. The van der Waals surface area contributed by atoms with Crippen LogP contribution in [0.4, 0.5) is 0 Å². The number of para-hydroxylation sites is 1. The number of Topliss-reactive ketones (excluding diaryl/α,β-unsaturated/α-hetero) is 1. The van der Waals surface area contributed by atoms with Crippen LogP contribution in [0.25, 0.3) is 17.0 Å². The highest BCUT2D eigenvalue weighted by molar-refractivity contribution is 6.15. The summed E-state index contributed by atoms with van der Waals surface area (Å²) in [6.45, 7) is 1.39. The molecule has 5 nitrogen and oxygen atoms in total. The zero-order valence-corrected chi connectivity index (χ0v) is 15.6. The van der Waals surface area contributed by atoms with Gasteiger partial charge in [-0.3, -0.25) is 9.69 Å². The number of hydrogen-bond donors (Lipinski definition) is 0. The summed E-state index contributed by atoms with van der Waals surface area (Å²) in [5.41, 5.74) is 3.74. The molecule has 1 aliphatic carbocycles. The molecule has 0 spiro atoms. The first kappa shape index (κ1) is 16.0. The first-order valence-electron chi connectivity index (χ1n) is 9.70. The van der Waals surface area contributed by atoms with Crippen LogP contribution in [0.15, 0.2) is 48.4 Å². The second-order valence-corrected chi connectivity index (χ2v) is 7.82. The highest BCUT2D eigenvalue weighted by atomic mass is 16.5. The van der Waals surface area contributed by atoms with Crippen molar-refractivity contribution >= 4 is 22.8 Å². The first-order valence-corrected chi connectivity index (χ1v) is 9.70. The zero-order valence-electron chi connectivity index (χ0n) is 15.6. The fraction of sp³-hybridized carbons (Fsp3) is 0.261. The van der Waals surface area contributed by atoms with E-state index in [-0.39, 0.29) is 5.78 Å². The van der Waals surface area contributed by atoms with Gasteiger partial charge in [-0.05, 0) is 37.1 Å². The normalized spacial score (nSPS) is 20.2. The Labute approximate surface area is 162 Å². The van der Waals surface area contributed by atoms with Crippen LogP contribution in [0.2, 0.25) is 0 Å². The van der Waals surface area contributed by atoms with E-state index >= 15 is 0 Å². The van der Waals surface area contributed by atoms with E-state index in [1.54, 1.807) is 0 Å². The molecule has 28 heavy (non-hydrogen) atoms. The van der Waals surface area contributed by atoms with Gasteiger partial charge in [0.05, 0.1) is 11.1 Å². The number of ether oxygens (including phenoxy) is 2. The van der Waals surface area contributed by atoms with Crippen molar-refractivity contribution in [2.45, 2.75) is 25.4 Å². The smallest absolute Gasteiger partial charge is 0.231 e. The summed E-state index contributed by atoms with van der Waals surface area (Å²) < 4.78 is 14.1. The lowest BCUT2D eigenvalue weighted by molar-refractivity contribution is 0.0868. The predicted octanol–water partition coefficient (Wildman–Crippen LogP) is 4.11. The molecule has 1 fully saturated rings. The van der Waals surface area contributed by atoms with E-state index in [0.717, 1.165) is 34.3 Å². The fourth-order valence-electron chi connectivity index (χ4n) is 4.28. The SMILES string of the molecule is Cn1cc(/C=C2\Oc3c(ccc4c3CN(C3CC3)CO4)C2=O)c2ccccc21. The van der Waals surface area contributed by atoms with Crippen molar-refractivity contribution in [1.82, 2.24) is 9.47 Å². The van der Waals surface area contributed by atoms with Crippen LogP contribution in [-0.2, 0) is 13.6 Å². The molecule has 1 saturated carbocycles. The number of carbonyl (C=O) groups is 1. The van der Waals surface area contributed by atoms with Gasteiger partial charge in [-0.2, -0.15) is 0 Å². The third-order valence-corrected chi connectivity index (χ3v) is 5.92. The van der Waals surface area contributed by atoms with Crippen molar-refractivity contribution in [1.29, 1.82) is 0 Å². The maximum Gasteiger partial charge on any atom is 0.231 e. The second-order valence-electron chi connectivity index (χ2n) is 7.82. The summed E-state index contributed by atoms with van der Waals surface area (Å²) in [4.78, 5) is 15.3. The molecule has 0 N–H and O–H groups in total. The van der Waals surface area contributed by atoms with Gasteiger partial charge in [0.15, 0.2) is 5.76 Å². The van der Waals surface area contributed by atoms with E-state index in [0.29, 0.717) is 29.8 Å².